The molecular formula is C20H10F6O4. The summed E-state index contributed by atoms with van der Waals surface area (Å²) >= 11 is 0. The maximum Gasteiger partial charge on any atom is 0.342 e. The van der Waals surface area contributed by atoms with Crippen LogP contribution < -0.4 is 9.47 Å². The van der Waals surface area contributed by atoms with E-state index in [1.165, 1.54) is 6.92 Å². The highest BCUT2D eigenvalue weighted by atomic mass is 19.2. The smallest absolute Gasteiger partial charge is 0.342 e. The van der Waals surface area contributed by atoms with Crippen molar-refractivity contribution in [1.29, 1.82) is 0 Å². The summed E-state index contributed by atoms with van der Waals surface area (Å²) in [5, 5.41) is 9.34. The van der Waals surface area contributed by atoms with E-state index < -0.39 is 69.4 Å². The van der Waals surface area contributed by atoms with Crippen LogP contribution in [0.2, 0.25) is 0 Å². The van der Waals surface area contributed by atoms with Gasteiger partial charge in [0.05, 0.1) is 0 Å². The van der Waals surface area contributed by atoms with Gasteiger partial charge in [-0.05, 0) is 42.8 Å². The normalized spacial score (nSPS) is 10.8. The highest BCUT2D eigenvalue weighted by Gasteiger charge is 2.27. The molecule has 156 valence electrons. The zero-order valence-electron chi connectivity index (χ0n) is 14.9. The summed E-state index contributed by atoms with van der Waals surface area (Å²) in [5.74, 6) is -14.4. The van der Waals surface area contributed by atoms with Crippen LogP contribution in [0, 0.1) is 41.8 Å². The summed E-state index contributed by atoms with van der Waals surface area (Å²) < 4.78 is 92.3. The van der Waals surface area contributed by atoms with Gasteiger partial charge in [-0.1, -0.05) is 6.07 Å². The Morgan fingerprint density at radius 1 is 0.767 bits per heavy atom. The molecule has 0 atom stereocenters. The van der Waals surface area contributed by atoms with Crippen molar-refractivity contribution < 1.29 is 45.7 Å². The lowest BCUT2D eigenvalue weighted by molar-refractivity contribution is 0.0688. The number of halogens is 6. The Hall–Kier alpha value is -3.69. The molecule has 1 N–H and O–H groups in total. The largest absolute Gasteiger partial charge is 0.477 e. The molecule has 0 aliphatic carbocycles. The van der Waals surface area contributed by atoms with E-state index in [0.29, 0.717) is 12.1 Å². The minimum atomic E-state index is -1.87. The van der Waals surface area contributed by atoms with Crippen molar-refractivity contribution in [3.05, 3.63) is 82.4 Å². The van der Waals surface area contributed by atoms with Gasteiger partial charge in [0.15, 0.2) is 40.5 Å². The van der Waals surface area contributed by atoms with Gasteiger partial charge in [0.25, 0.3) is 0 Å². The Kier molecular flexibility index (Phi) is 5.59. The van der Waals surface area contributed by atoms with Crippen LogP contribution in [0.25, 0.3) is 0 Å². The Bertz CT molecular complexity index is 1160. The molecule has 0 spiro atoms. The van der Waals surface area contributed by atoms with Gasteiger partial charge in [0.2, 0.25) is 11.6 Å². The Labute approximate surface area is 164 Å². The van der Waals surface area contributed by atoms with Crippen molar-refractivity contribution in [3.63, 3.8) is 0 Å². The van der Waals surface area contributed by atoms with Crippen LogP contribution in [0.3, 0.4) is 0 Å². The van der Waals surface area contributed by atoms with Crippen LogP contribution in [0.1, 0.15) is 15.9 Å². The maximum absolute atomic E-state index is 14.9. The van der Waals surface area contributed by atoms with E-state index in [9.17, 15) is 36.2 Å². The van der Waals surface area contributed by atoms with Crippen molar-refractivity contribution >= 4 is 5.97 Å². The molecule has 0 saturated heterocycles. The predicted octanol–water partition coefficient (Wildman–Crippen LogP) is 6.11. The molecule has 4 nitrogen and oxygen atoms in total. The lowest BCUT2D eigenvalue weighted by atomic mass is 10.1. The van der Waals surface area contributed by atoms with E-state index in [2.05, 4.69) is 0 Å². The Morgan fingerprint density at radius 2 is 1.40 bits per heavy atom. The highest BCUT2D eigenvalue weighted by molar-refractivity contribution is 5.92. The molecule has 0 unspecified atom stereocenters. The van der Waals surface area contributed by atoms with E-state index in [0.717, 1.165) is 24.3 Å². The molecule has 0 aromatic heterocycles. The minimum Gasteiger partial charge on any atom is -0.477 e. The molecule has 3 aromatic rings. The van der Waals surface area contributed by atoms with Gasteiger partial charge in [0.1, 0.15) is 11.3 Å². The fourth-order valence-electron chi connectivity index (χ4n) is 2.51. The first-order chi connectivity index (χ1) is 14.1. The van der Waals surface area contributed by atoms with E-state index in [4.69, 9.17) is 9.47 Å². The van der Waals surface area contributed by atoms with Crippen LogP contribution in [0.4, 0.5) is 26.3 Å². The minimum absolute atomic E-state index is 0.159. The third-order valence-electron chi connectivity index (χ3n) is 3.93. The Morgan fingerprint density at radius 3 is 2.07 bits per heavy atom. The van der Waals surface area contributed by atoms with Crippen molar-refractivity contribution in [2.45, 2.75) is 6.92 Å². The molecule has 3 aromatic carbocycles. The summed E-state index contributed by atoms with van der Waals surface area (Å²) in [6.07, 6.45) is 0. The van der Waals surface area contributed by atoms with Crippen molar-refractivity contribution in [1.82, 2.24) is 0 Å². The average Bonchev–Trinajstić information content (AvgIpc) is 2.68. The number of ether oxygens (including phenoxy) is 2. The standard InChI is InChI=1S/C20H10F6O4/c1-8-7-13(29-11-4-2-3-9(21)15(11)23)14(20(27)28)18(26)19(8)30-12-6-5-10(22)16(24)17(12)25/h2-7H,1H3,(H,27,28). The van der Waals surface area contributed by atoms with Crippen molar-refractivity contribution in [2.75, 3.05) is 0 Å². The number of aryl methyl sites for hydroxylation is 1. The number of rotatable bonds is 5. The average molecular weight is 428 g/mol. The molecule has 0 bridgehead atoms. The maximum atomic E-state index is 14.9. The van der Waals surface area contributed by atoms with Crippen molar-refractivity contribution in [2.24, 2.45) is 0 Å². The molecule has 0 aliphatic heterocycles. The highest BCUT2D eigenvalue weighted by Crippen LogP contribution is 2.39. The van der Waals surface area contributed by atoms with Gasteiger partial charge in [-0.3, -0.25) is 0 Å². The van der Waals surface area contributed by atoms with E-state index in [1.807, 2.05) is 0 Å². The van der Waals surface area contributed by atoms with E-state index in [1.54, 1.807) is 0 Å². The number of benzene rings is 3. The van der Waals surface area contributed by atoms with E-state index in [-0.39, 0.29) is 5.56 Å². The first-order valence-corrected chi connectivity index (χ1v) is 8.11. The molecule has 30 heavy (non-hydrogen) atoms. The predicted molar refractivity (Wildman–Crippen MR) is 90.9 cm³/mol. The first-order valence-electron chi connectivity index (χ1n) is 8.11. The molecule has 0 fully saturated rings. The molecule has 3 rings (SSSR count). The fourth-order valence-corrected chi connectivity index (χ4v) is 2.51. The number of carboxylic acids is 1. The summed E-state index contributed by atoms with van der Waals surface area (Å²) in [4.78, 5) is 11.5. The summed E-state index contributed by atoms with van der Waals surface area (Å²) in [6, 6.07) is 4.99. The molecule has 10 heteroatoms. The lowest BCUT2D eigenvalue weighted by Crippen LogP contribution is -2.08. The second-order valence-electron chi connectivity index (χ2n) is 5.94. The van der Waals surface area contributed by atoms with E-state index >= 15 is 0 Å². The van der Waals surface area contributed by atoms with Gasteiger partial charge in [0, 0.05) is 0 Å². The molecular weight excluding hydrogens is 418 g/mol. The number of carbonyl (C=O) groups is 1. The number of hydrogen-bond donors (Lipinski definition) is 1. The zero-order chi connectivity index (χ0) is 22.2. The van der Waals surface area contributed by atoms with Gasteiger partial charge < -0.3 is 14.6 Å². The van der Waals surface area contributed by atoms with Crippen LogP contribution in [0.5, 0.6) is 23.0 Å². The topological polar surface area (TPSA) is 55.8 Å². The molecule has 0 saturated carbocycles. The molecule has 0 heterocycles. The fraction of sp³-hybridized carbons (Fsp3) is 0.0500. The van der Waals surface area contributed by atoms with Crippen molar-refractivity contribution in [3.8, 4) is 23.0 Å². The molecule has 0 radical (unpaired) electrons. The SMILES string of the molecule is Cc1cc(Oc2cccc(F)c2F)c(C(=O)O)c(F)c1Oc1ccc(F)c(F)c1F. The van der Waals surface area contributed by atoms with Gasteiger partial charge in [-0.15, -0.1) is 0 Å². The van der Waals surface area contributed by atoms with Gasteiger partial charge >= 0.3 is 5.97 Å². The zero-order valence-corrected chi connectivity index (χ0v) is 14.9. The second-order valence-corrected chi connectivity index (χ2v) is 5.94. The lowest BCUT2D eigenvalue weighted by Gasteiger charge is -2.16. The first kappa shape index (κ1) is 21.0. The van der Waals surface area contributed by atoms with Crippen LogP contribution in [0.15, 0.2) is 36.4 Å². The summed E-state index contributed by atoms with van der Waals surface area (Å²) in [6.45, 7) is 1.20. The van der Waals surface area contributed by atoms with Gasteiger partial charge in [-0.2, -0.15) is 8.78 Å². The quantitative estimate of drug-likeness (QED) is 0.393. The molecule has 0 aliphatic rings. The van der Waals surface area contributed by atoms with Crippen LogP contribution >= 0.6 is 0 Å². The number of aromatic carboxylic acids is 1. The Balaban J connectivity index is 2.10. The third-order valence-corrected chi connectivity index (χ3v) is 3.93. The number of hydrogen-bond acceptors (Lipinski definition) is 3. The van der Waals surface area contributed by atoms with Crippen LogP contribution in [-0.2, 0) is 0 Å². The molecule has 0 amide bonds. The monoisotopic (exact) mass is 428 g/mol. The van der Waals surface area contributed by atoms with Crippen LogP contribution in [-0.4, -0.2) is 11.1 Å². The summed E-state index contributed by atoms with van der Waals surface area (Å²) in [7, 11) is 0. The second kappa shape index (κ2) is 7.97. The summed E-state index contributed by atoms with van der Waals surface area (Å²) in [5.41, 5.74) is -1.30. The number of carboxylic acid groups (broad SMARTS) is 1. The third kappa shape index (κ3) is 3.76. The van der Waals surface area contributed by atoms with Gasteiger partial charge in [-0.25, -0.2) is 22.4 Å².